The van der Waals surface area contributed by atoms with Gasteiger partial charge >= 0.3 is 0 Å². The summed E-state index contributed by atoms with van der Waals surface area (Å²) in [6.07, 6.45) is 0.303. The zero-order chi connectivity index (χ0) is 15.2. The predicted molar refractivity (Wildman–Crippen MR) is 87.0 cm³/mol. The van der Waals surface area contributed by atoms with Gasteiger partial charge in [-0.3, -0.25) is 0 Å². The molecule has 1 aromatic carbocycles. The SMILES string of the molecule is COCCNCc1ccc(N2CC(C)OCC2C)cc1C. The van der Waals surface area contributed by atoms with Gasteiger partial charge in [-0.15, -0.1) is 0 Å². The molecule has 1 N–H and O–H groups in total. The molecule has 0 saturated carbocycles. The van der Waals surface area contributed by atoms with Gasteiger partial charge in [-0.25, -0.2) is 0 Å². The maximum absolute atomic E-state index is 5.71. The van der Waals surface area contributed by atoms with Crippen LogP contribution in [0.25, 0.3) is 0 Å². The summed E-state index contributed by atoms with van der Waals surface area (Å²) in [7, 11) is 1.73. The second-order valence-corrected chi connectivity index (χ2v) is 5.93. The predicted octanol–water partition coefficient (Wildman–Crippen LogP) is 2.34. The number of nitrogens with zero attached hydrogens (tertiary/aromatic N) is 1. The summed E-state index contributed by atoms with van der Waals surface area (Å²) in [4.78, 5) is 2.45. The Morgan fingerprint density at radius 1 is 1.38 bits per heavy atom. The largest absolute Gasteiger partial charge is 0.383 e. The molecule has 1 saturated heterocycles. The number of nitrogens with one attached hydrogen (secondary N) is 1. The van der Waals surface area contributed by atoms with Gasteiger partial charge in [-0.05, 0) is 44.0 Å². The van der Waals surface area contributed by atoms with Gasteiger partial charge in [-0.1, -0.05) is 6.07 Å². The Labute approximate surface area is 128 Å². The van der Waals surface area contributed by atoms with Crippen molar-refractivity contribution >= 4 is 5.69 Å². The van der Waals surface area contributed by atoms with E-state index in [9.17, 15) is 0 Å². The molecule has 21 heavy (non-hydrogen) atoms. The van der Waals surface area contributed by atoms with Crippen LogP contribution in [-0.4, -0.2) is 45.6 Å². The van der Waals surface area contributed by atoms with E-state index in [0.29, 0.717) is 12.1 Å². The van der Waals surface area contributed by atoms with Crippen LogP contribution >= 0.6 is 0 Å². The molecule has 1 aliphatic heterocycles. The molecule has 0 spiro atoms. The molecule has 1 fully saturated rings. The maximum Gasteiger partial charge on any atom is 0.0723 e. The molecule has 0 aliphatic carbocycles. The molecule has 0 bridgehead atoms. The fraction of sp³-hybridized carbons (Fsp3) is 0.647. The highest BCUT2D eigenvalue weighted by atomic mass is 16.5. The molecule has 1 heterocycles. The van der Waals surface area contributed by atoms with Crippen molar-refractivity contribution < 1.29 is 9.47 Å². The summed E-state index contributed by atoms with van der Waals surface area (Å²) in [5.74, 6) is 0. The zero-order valence-corrected chi connectivity index (χ0v) is 13.7. The molecular weight excluding hydrogens is 264 g/mol. The summed E-state index contributed by atoms with van der Waals surface area (Å²) in [5.41, 5.74) is 3.99. The van der Waals surface area contributed by atoms with Crippen LogP contribution in [0.3, 0.4) is 0 Å². The number of benzene rings is 1. The highest BCUT2D eigenvalue weighted by Gasteiger charge is 2.23. The molecule has 2 atom stereocenters. The molecule has 2 rings (SSSR count). The smallest absolute Gasteiger partial charge is 0.0723 e. The summed E-state index contributed by atoms with van der Waals surface area (Å²) in [6.45, 7) is 10.8. The topological polar surface area (TPSA) is 33.7 Å². The van der Waals surface area contributed by atoms with Gasteiger partial charge < -0.3 is 19.7 Å². The van der Waals surface area contributed by atoms with E-state index in [-0.39, 0.29) is 0 Å². The maximum atomic E-state index is 5.71. The first-order valence-electron chi connectivity index (χ1n) is 7.79. The minimum atomic E-state index is 0.303. The third-order valence-electron chi connectivity index (χ3n) is 4.06. The molecule has 0 amide bonds. The summed E-state index contributed by atoms with van der Waals surface area (Å²) in [5, 5.41) is 3.40. The Hall–Kier alpha value is -1.10. The molecule has 118 valence electrons. The lowest BCUT2D eigenvalue weighted by molar-refractivity contribution is 0.0344. The highest BCUT2D eigenvalue weighted by molar-refractivity contribution is 5.52. The number of rotatable bonds is 6. The van der Waals surface area contributed by atoms with E-state index in [1.165, 1.54) is 16.8 Å². The van der Waals surface area contributed by atoms with Crippen molar-refractivity contribution in [3.8, 4) is 0 Å². The van der Waals surface area contributed by atoms with Gasteiger partial charge in [-0.2, -0.15) is 0 Å². The molecule has 1 aliphatic rings. The first-order chi connectivity index (χ1) is 10.1. The Kier molecular flexibility index (Phi) is 6.03. The monoisotopic (exact) mass is 292 g/mol. The normalized spacial score (nSPS) is 22.6. The van der Waals surface area contributed by atoms with Crippen LogP contribution in [0.2, 0.25) is 0 Å². The number of methoxy groups -OCH3 is 1. The summed E-state index contributed by atoms with van der Waals surface area (Å²) >= 11 is 0. The van der Waals surface area contributed by atoms with Crippen LogP contribution in [-0.2, 0) is 16.0 Å². The van der Waals surface area contributed by atoms with Crippen LogP contribution in [0.15, 0.2) is 18.2 Å². The molecule has 0 aromatic heterocycles. The van der Waals surface area contributed by atoms with Gasteiger partial charge in [0.2, 0.25) is 0 Å². The summed E-state index contributed by atoms with van der Waals surface area (Å²) < 4.78 is 10.8. The fourth-order valence-electron chi connectivity index (χ4n) is 2.72. The molecule has 4 heteroatoms. The molecule has 1 aromatic rings. The van der Waals surface area contributed by atoms with E-state index < -0.39 is 0 Å². The van der Waals surface area contributed by atoms with Crippen molar-refractivity contribution in [3.63, 3.8) is 0 Å². The van der Waals surface area contributed by atoms with Gasteiger partial charge in [0, 0.05) is 38.5 Å². The number of hydrogen-bond acceptors (Lipinski definition) is 4. The number of anilines is 1. The number of ether oxygens (including phenoxy) is 2. The number of morpholine rings is 1. The Morgan fingerprint density at radius 2 is 2.19 bits per heavy atom. The van der Waals surface area contributed by atoms with E-state index in [0.717, 1.165) is 32.8 Å². The lowest BCUT2D eigenvalue weighted by atomic mass is 10.1. The van der Waals surface area contributed by atoms with Crippen molar-refractivity contribution in [2.45, 2.75) is 39.5 Å². The van der Waals surface area contributed by atoms with Crippen molar-refractivity contribution in [2.75, 3.05) is 38.3 Å². The highest BCUT2D eigenvalue weighted by Crippen LogP contribution is 2.24. The van der Waals surface area contributed by atoms with Crippen molar-refractivity contribution in [1.82, 2.24) is 5.32 Å². The first-order valence-corrected chi connectivity index (χ1v) is 7.79. The molecule has 0 radical (unpaired) electrons. The number of hydrogen-bond donors (Lipinski definition) is 1. The van der Waals surface area contributed by atoms with Crippen molar-refractivity contribution in [2.24, 2.45) is 0 Å². The second kappa shape index (κ2) is 7.78. The van der Waals surface area contributed by atoms with Gasteiger partial charge in [0.15, 0.2) is 0 Å². The molecule has 2 unspecified atom stereocenters. The molecular formula is C17H28N2O2. The number of aryl methyl sites for hydroxylation is 1. The second-order valence-electron chi connectivity index (χ2n) is 5.93. The van der Waals surface area contributed by atoms with Gasteiger partial charge in [0.25, 0.3) is 0 Å². The first kappa shape index (κ1) is 16.3. The van der Waals surface area contributed by atoms with Gasteiger partial charge in [0.1, 0.15) is 0 Å². The van der Waals surface area contributed by atoms with Crippen LogP contribution < -0.4 is 10.2 Å². The van der Waals surface area contributed by atoms with E-state index in [1.54, 1.807) is 7.11 Å². The Balaban J connectivity index is 2.00. The van der Waals surface area contributed by atoms with E-state index in [1.807, 2.05) is 0 Å². The van der Waals surface area contributed by atoms with Crippen LogP contribution in [0, 0.1) is 6.92 Å². The zero-order valence-electron chi connectivity index (χ0n) is 13.7. The minimum absolute atomic E-state index is 0.303. The Bertz CT molecular complexity index is 450. The van der Waals surface area contributed by atoms with E-state index >= 15 is 0 Å². The van der Waals surface area contributed by atoms with Crippen molar-refractivity contribution in [3.05, 3.63) is 29.3 Å². The standard InChI is InChI=1S/C17H28N2O2/c1-13-9-17(19-11-15(3)21-12-14(19)2)6-5-16(13)10-18-7-8-20-4/h5-6,9,14-15,18H,7-8,10-12H2,1-4H3. The summed E-state index contributed by atoms with van der Waals surface area (Å²) in [6, 6.07) is 7.19. The van der Waals surface area contributed by atoms with E-state index in [4.69, 9.17) is 9.47 Å². The average Bonchev–Trinajstić information content (AvgIpc) is 2.47. The Morgan fingerprint density at radius 3 is 2.90 bits per heavy atom. The quantitative estimate of drug-likeness (QED) is 0.816. The lowest BCUT2D eigenvalue weighted by Gasteiger charge is -2.38. The van der Waals surface area contributed by atoms with Crippen LogP contribution in [0.5, 0.6) is 0 Å². The minimum Gasteiger partial charge on any atom is -0.383 e. The van der Waals surface area contributed by atoms with Crippen LogP contribution in [0.4, 0.5) is 5.69 Å². The molecule has 4 nitrogen and oxygen atoms in total. The fourth-order valence-corrected chi connectivity index (χ4v) is 2.72. The third kappa shape index (κ3) is 4.43. The lowest BCUT2D eigenvalue weighted by Crippen LogP contribution is -2.47. The van der Waals surface area contributed by atoms with Gasteiger partial charge in [0.05, 0.1) is 19.3 Å². The van der Waals surface area contributed by atoms with Crippen molar-refractivity contribution in [1.29, 1.82) is 0 Å². The van der Waals surface area contributed by atoms with Crippen LogP contribution in [0.1, 0.15) is 25.0 Å². The van der Waals surface area contributed by atoms with E-state index in [2.05, 4.69) is 49.2 Å². The average molecular weight is 292 g/mol. The third-order valence-corrected chi connectivity index (χ3v) is 4.06.